The van der Waals surface area contributed by atoms with Gasteiger partial charge in [-0.3, -0.25) is 4.79 Å². The zero-order valence-corrected chi connectivity index (χ0v) is 6.89. The molecule has 3 nitrogen and oxygen atoms in total. The van der Waals surface area contributed by atoms with Gasteiger partial charge in [0.1, 0.15) is 5.78 Å². The Morgan fingerprint density at radius 3 is 2.11 bits per heavy atom. The molecule has 0 aromatic carbocycles. The summed E-state index contributed by atoms with van der Waals surface area (Å²) >= 11 is 0. The van der Waals surface area contributed by atoms with Crippen molar-refractivity contribution in [2.75, 3.05) is 13.7 Å². The molecule has 0 rings (SSSR count). The maximum atomic E-state index is 10.7. The van der Waals surface area contributed by atoms with Crippen molar-refractivity contribution < 1.29 is 9.36 Å². The lowest BCUT2D eigenvalue weighted by molar-refractivity contribution is -0.117. The largest absolute Gasteiger partial charge is 0.325 e. The SMILES string of the molecule is CNC(C(C)=O)[PH](C)=O. The maximum absolute atomic E-state index is 10.7. The van der Waals surface area contributed by atoms with Crippen LogP contribution in [-0.2, 0) is 9.36 Å². The van der Waals surface area contributed by atoms with Crippen molar-refractivity contribution in [3.05, 3.63) is 0 Å². The van der Waals surface area contributed by atoms with Gasteiger partial charge in [-0.25, -0.2) is 0 Å². The van der Waals surface area contributed by atoms with Gasteiger partial charge in [0.25, 0.3) is 0 Å². The van der Waals surface area contributed by atoms with E-state index < -0.39 is 13.6 Å². The zero-order valence-electron chi connectivity index (χ0n) is 5.89. The van der Waals surface area contributed by atoms with E-state index in [9.17, 15) is 9.36 Å². The standard InChI is InChI=1S/C5H12NO2P/c1-4(7)5(6-2)9(3)8/h5-6,9H,1-3H3. The smallest absolute Gasteiger partial charge is 0.153 e. The summed E-state index contributed by atoms with van der Waals surface area (Å²) < 4.78 is 10.7. The predicted molar refractivity (Wildman–Crippen MR) is 38.5 cm³/mol. The summed E-state index contributed by atoms with van der Waals surface area (Å²) in [5.74, 6) is -0.473. The molecule has 0 spiro atoms. The Hall–Kier alpha value is -0.140. The highest BCUT2D eigenvalue weighted by Crippen LogP contribution is 2.20. The summed E-state index contributed by atoms with van der Waals surface area (Å²) in [7, 11) is -0.0970. The summed E-state index contributed by atoms with van der Waals surface area (Å²) in [4.78, 5) is 10.6. The van der Waals surface area contributed by atoms with Crippen LogP contribution in [0.5, 0.6) is 0 Å². The third-order valence-corrected chi connectivity index (χ3v) is 2.61. The summed E-state index contributed by atoms with van der Waals surface area (Å²) in [6.07, 6.45) is 0. The Morgan fingerprint density at radius 2 is 2.11 bits per heavy atom. The van der Waals surface area contributed by atoms with E-state index in [0.29, 0.717) is 0 Å². The van der Waals surface area contributed by atoms with Crippen LogP contribution in [0.2, 0.25) is 0 Å². The number of carbonyl (C=O) groups excluding carboxylic acids is 1. The van der Waals surface area contributed by atoms with Gasteiger partial charge in [-0.05, 0) is 20.6 Å². The Kier molecular flexibility index (Phi) is 3.75. The van der Waals surface area contributed by atoms with Gasteiger partial charge in [0.05, 0.1) is 7.80 Å². The minimum absolute atomic E-state index is 0.0520. The van der Waals surface area contributed by atoms with Crippen molar-refractivity contribution in [1.82, 2.24) is 5.32 Å². The minimum atomic E-state index is -1.73. The minimum Gasteiger partial charge on any atom is -0.325 e. The lowest BCUT2D eigenvalue weighted by atomic mass is 10.4. The third-order valence-electron chi connectivity index (χ3n) is 1.10. The summed E-state index contributed by atoms with van der Waals surface area (Å²) in [6, 6.07) is 0. The van der Waals surface area contributed by atoms with Crippen molar-refractivity contribution in [2.45, 2.75) is 12.7 Å². The van der Waals surface area contributed by atoms with Gasteiger partial charge < -0.3 is 9.88 Å². The fraction of sp³-hybridized carbons (Fsp3) is 0.800. The molecule has 0 radical (unpaired) electrons. The molecule has 1 N–H and O–H groups in total. The molecular weight excluding hydrogens is 137 g/mol. The fourth-order valence-corrected chi connectivity index (χ4v) is 1.67. The molecule has 0 aliphatic heterocycles. The number of hydrogen-bond acceptors (Lipinski definition) is 3. The van der Waals surface area contributed by atoms with Gasteiger partial charge in [-0.1, -0.05) is 0 Å². The van der Waals surface area contributed by atoms with Crippen LogP contribution >= 0.6 is 7.80 Å². The fourth-order valence-electron chi connectivity index (χ4n) is 0.693. The van der Waals surface area contributed by atoms with E-state index in [4.69, 9.17) is 0 Å². The molecule has 54 valence electrons. The van der Waals surface area contributed by atoms with E-state index in [0.717, 1.165) is 0 Å². The van der Waals surface area contributed by atoms with Gasteiger partial charge in [0, 0.05) is 0 Å². The second kappa shape index (κ2) is 3.80. The molecule has 0 saturated carbocycles. The molecule has 0 heterocycles. The van der Waals surface area contributed by atoms with Crippen LogP contribution in [0.3, 0.4) is 0 Å². The first-order chi connectivity index (χ1) is 4.09. The van der Waals surface area contributed by atoms with E-state index in [1.165, 1.54) is 6.92 Å². The molecule has 0 aromatic rings. The highest BCUT2D eigenvalue weighted by Gasteiger charge is 2.13. The van der Waals surface area contributed by atoms with E-state index in [1.807, 2.05) is 0 Å². The molecule has 0 aliphatic rings. The van der Waals surface area contributed by atoms with Gasteiger partial charge in [0.2, 0.25) is 0 Å². The number of rotatable bonds is 3. The van der Waals surface area contributed by atoms with Crippen molar-refractivity contribution in [2.24, 2.45) is 0 Å². The molecule has 2 unspecified atom stereocenters. The number of nitrogens with one attached hydrogen (secondary N) is 1. The van der Waals surface area contributed by atoms with Crippen LogP contribution in [0.25, 0.3) is 0 Å². The highest BCUT2D eigenvalue weighted by atomic mass is 31.1. The van der Waals surface area contributed by atoms with Crippen LogP contribution in [-0.4, -0.2) is 25.3 Å². The highest BCUT2D eigenvalue weighted by molar-refractivity contribution is 7.45. The van der Waals surface area contributed by atoms with Crippen molar-refractivity contribution in [3.63, 3.8) is 0 Å². The van der Waals surface area contributed by atoms with Gasteiger partial charge >= 0.3 is 0 Å². The Morgan fingerprint density at radius 1 is 1.67 bits per heavy atom. The lowest BCUT2D eigenvalue weighted by Crippen LogP contribution is -2.28. The Labute approximate surface area is 55.6 Å². The first kappa shape index (κ1) is 8.86. The monoisotopic (exact) mass is 149 g/mol. The molecule has 0 aromatic heterocycles. The average molecular weight is 149 g/mol. The number of likely N-dealkylation sites (N-methyl/N-ethyl adjacent to an activating group) is 1. The number of Topliss-reactive ketones (excluding diaryl/α,β-unsaturated/α-hetero) is 1. The van der Waals surface area contributed by atoms with Crippen LogP contribution < -0.4 is 5.32 Å². The second-order valence-corrected chi connectivity index (χ2v) is 3.74. The molecule has 0 bridgehead atoms. The summed E-state index contributed by atoms with van der Waals surface area (Å²) in [5.41, 5.74) is 0. The van der Waals surface area contributed by atoms with Crippen molar-refractivity contribution in [3.8, 4) is 0 Å². The number of carbonyl (C=O) groups is 1. The first-order valence-electron chi connectivity index (χ1n) is 2.77. The second-order valence-electron chi connectivity index (χ2n) is 1.94. The maximum Gasteiger partial charge on any atom is 0.153 e. The van der Waals surface area contributed by atoms with Gasteiger partial charge in [-0.2, -0.15) is 0 Å². The molecular formula is C5H12NO2P. The van der Waals surface area contributed by atoms with Crippen LogP contribution in [0, 0.1) is 0 Å². The van der Waals surface area contributed by atoms with E-state index in [1.54, 1.807) is 13.7 Å². The van der Waals surface area contributed by atoms with Crippen LogP contribution in [0.15, 0.2) is 0 Å². The third kappa shape index (κ3) is 2.78. The van der Waals surface area contributed by atoms with E-state index >= 15 is 0 Å². The average Bonchev–Trinajstić information content (AvgIpc) is 1.64. The van der Waals surface area contributed by atoms with E-state index in [2.05, 4.69) is 5.32 Å². The van der Waals surface area contributed by atoms with Gasteiger partial charge in [0.15, 0.2) is 5.78 Å². The van der Waals surface area contributed by atoms with Crippen molar-refractivity contribution in [1.29, 1.82) is 0 Å². The normalized spacial score (nSPS) is 16.8. The topological polar surface area (TPSA) is 46.2 Å². The van der Waals surface area contributed by atoms with Gasteiger partial charge in [-0.15, -0.1) is 0 Å². The Bertz CT molecular complexity index is 121. The lowest BCUT2D eigenvalue weighted by Gasteiger charge is -2.07. The first-order valence-corrected chi connectivity index (χ1v) is 4.76. The molecule has 0 fully saturated rings. The van der Waals surface area contributed by atoms with Crippen LogP contribution in [0.4, 0.5) is 0 Å². The molecule has 9 heavy (non-hydrogen) atoms. The molecule has 0 saturated heterocycles. The molecule has 2 atom stereocenters. The number of ketones is 1. The quantitative estimate of drug-likeness (QED) is 0.587. The van der Waals surface area contributed by atoms with Crippen molar-refractivity contribution >= 4 is 13.6 Å². The predicted octanol–water partition coefficient (Wildman–Crippen LogP) is 0.310. The Balaban J connectivity index is 3.99. The van der Waals surface area contributed by atoms with E-state index in [-0.39, 0.29) is 5.78 Å². The summed E-state index contributed by atoms with van der Waals surface area (Å²) in [5, 5.41) is 2.68. The molecule has 0 aliphatic carbocycles. The number of hydrogen-bond donors (Lipinski definition) is 1. The zero-order chi connectivity index (χ0) is 7.44. The molecule has 0 amide bonds. The summed E-state index contributed by atoms with van der Waals surface area (Å²) in [6.45, 7) is 3.01. The van der Waals surface area contributed by atoms with Crippen LogP contribution in [0.1, 0.15) is 6.92 Å². The molecule has 4 heteroatoms.